The number of hydrogen-bond acceptors (Lipinski definition) is 4. The number of sulfonamides is 1. The largest absolute Gasteiger partial charge is 0.487 e. The minimum atomic E-state index is -3.87. The molecule has 2 aliphatic rings. The lowest BCUT2D eigenvalue weighted by Crippen LogP contribution is -2.46. The Bertz CT molecular complexity index is 1320. The summed E-state index contributed by atoms with van der Waals surface area (Å²) in [5, 5.41) is 3.05. The zero-order valence-corrected chi connectivity index (χ0v) is 18.7. The van der Waals surface area contributed by atoms with Gasteiger partial charge in [-0.1, -0.05) is 54.6 Å². The van der Waals surface area contributed by atoms with Crippen molar-refractivity contribution in [2.24, 2.45) is 0 Å². The van der Waals surface area contributed by atoms with Crippen LogP contribution in [0.2, 0.25) is 0 Å². The average Bonchev–Trinajstić information content (AvgIpc) is 2.76. The van der Waals surface area contributed by atoms with Crippen molar-refractivity contribution in [2.75, 3.05) is 10.8 Å². The predicted octanol–water partition coefficient (Wildman–Crippen LogP) is 4.28. The molecule has 2 heterocycles. The fraction of sp³-hybridized carbons (Fsp3) is 0.240. The molecule has 0 spiro atoms. The zero-order valence-electron chi connectivity index (χ0n) is 17.9. The van der Waals surface area contributed by atoms with Crippen LogP contribution in [0.1, 0.15) is 31.9 Å². The van der Waals surface area contributed by atoms with Gasteiger partial charge in [0.05, 0.1) is 16.6 Å². The van der Waals surface area contributed by atoms with E-state index < -0.39 is 15.6 Å². The summed E-state index contributed by atoms with van der Waals surface area (Å²) < 4.78 is 34.1. The molecule has 0 radical (unpaired) electrons. The summed E-state index contributed by atoms with van der Waals surface area (Å²) in [7, 11) is -3.87. The van der Waals surface area contributed by atoms with Crippen molar-refractivity contribution in [1.29, 1.82) is 0 Å². The highest BCUT2D eigenvalue weighted by molar-refractivity contribution is 7.93. The van der Waals surface area contributed by atoms with Crippen LogP contribution in [-0.4, -0.2) is 26.5 Å². The number of carbonyl (C=O) groups is 1. The molecule has 32 heavy (non-hydrogen) atoms. The van der Waals surface area contributed by atoms with Gasteiger partial charge in [-0.15, -0.1) is 0 Å². The molecule has 2 aliphatic heterocycles. The maximum atomic E-state index is 13.4. The van der Waals surface area contributed by atoms with E-state index in [2.05, 4.69) is 5.32 Å². The molecule has 6 nitrogen and oxygen atoms in total. The van der Waals surface area contributed by atoms with Crippen molar-refractivity contribution in [1.82, 2.24) is 5.32 Å². The summed E-state index contributed by atoms with van der Waals surface area (Å²) in [5.74, 6) is 0.374. The molecule has 3 aromatic rings. The number of nitrogens with one attached hydrogen (secondary N) is 1. The number of para-hydroxylation sites is 2. The first-order valence-electron chi connectivity index (χ1n) is 10.5. The highest BCUT2D eigenvalue weighted by Gasteiger charge is 2.38. The summed E-state index contributed by atoms with van der Waals surface area (Å²) in [6, 6.07) is 21.5. The number of rotatable bonds is 3. The van der Waals surface area contributed by atoms with Gasteiger partial charge < -0.3 is 10.1 Å². The van der Waals surface area contributed by atoms with Crippen LogP contribution in [0.3, 0.4) is 0 Å². The third-order valence-electron chi connectivity index (χ3n) is 5.92. The lowest BCUT2D eigenvalue weighted by molar-refractivity contribution is -0.120. The third-order valence-corrected chi connectivity index (χ3v) is 7.73. The Balaban J connectivity index is 1.47. The van der Waals surface area contributed by atoms with Crippen LogP contribution < -0.4 is 14.4 Å². The van der Waals surface area contributed by atoms with Gasteiger partial charge in [-0.2, -0.15) is 0 Å². The van der Waals surface area contributed by atoms with Crippen molar-refractivity contribution >= 4 is 21.6 Å². The van der Waals surface area contributed by atoms with Crippen LogP contribution in [0.5, 0.6) is 5.75 Å². The normalized spacial score (nSPS) is 19.7. The number of hydrogen-bond donors (Lipinski definition) is 1. The van der Waals surface area contributed by atoms with Gasteiger partial charge in [-0.25, -0.2) is 8.42 Å². The quantitative estimate of drug-likeness (QED) is 0.649. The maximum Gasteiger partial charge on any atom is 0.265 e. The standard InChI is InChI=1S/C25H24N2O4S/c1-25(2)15-20(19-11-4-7-13-22(19)31-25)26-24(28)16-27-21-12-6-3-9-17(21)18-10-5-8-14-23(18)32(27,29)30/h3-14,20H,15-16H2,1-2H3,(H,26,28)/t20-/m1/s1. The molecule has 7 heteroatoms. The van der Waals surface area contributed by atoms with Gasteiger partial charge in [-0.05, 0) is 32.0 Å². The fourth-order valence-corrected chi connectivity index (χ4v) is 6.20. The molecule has 0 aromatic heterocycles. The lowest BCUT2D eigenvalue weighted by Gasteiger charge is -2.38. The first kappa shape index (κ1) is 20.6. The van der Waals surface area contributed by atoms with E-state index in [4.69, 9.17) is 4.74 Å². The molecule has 1 N–H and O–H groups in total. The molecular weight excluding hydrogens is 424 g/mol. The van der Waals surface area contributed by atoms with Gasteiger partial charge in [-0.3, -0.25) is 9.10 Å². The maximum absolute atomic E-state index is 13.4. The Morgan fingerprint density at radius 3 is 2.47 bits per heavy atom. The van der Waals surface area contributed by atoms with Crippen molar-refractivity contribution in [2.45, 2.75) is 36.8 Å². The van der Waals surface area contributed by atoms with Gasteiger partial charge in [0.2, 0.25) is 5.91 Å². The van der Waals surface area contributed by atoms with Crippen molar-refractivity contribution in [3.05, 3.63) is 78.4 Å². The summed E-state index contributed by atoms with van der Waals surface area (Å²) in [5.41, 5.74) is 2.40. The average molecular weight is 449 g/mol. The zero-order chi connectivity index (χ0) is 22.5. The summed E-state index contributed by atoms with van der Waals surface area (Å²) in [6.07, 6.45) is 0.585. The second-order valence-corrected chi connectivity index (χ2v) is 10.6. The number of ether oxygens (including phenoxy) is 1. The number of nitrogens with zero attached hydrogens (tertiary/aromatic N) is 1. The molecule has 3 aromatic carbocycles. The molecule has 0 saturated heterocycles. The van der Waals surface area contributed by atoms with Crippen LogP contribution in [-0.2, 0) is 14.8 Å². The molecule has 5 rings (SSSR count). The number of amides is 1. The SMILES string of the molecule is CC1(C)C[C@@H](NC(=O)CN2c3ccccc3-c3ccccc3S2(=O)=O)c2ccccc2O1. The molecule has 0 fully saturated rings. The minimum absolute atomic E-state index is 0.212. The Kier molecular flexibility index (Phi) is 4.74. The predicted molar refractivity (Wildman–Crippen MR) is 123 cm³/mol. The van der Waals surface area contributed by atoms with Crippen molar-refractivity contribution in [3.8, 4) is 16.9 Å². The highest BCUT2D eigenvalue weighted by atomic mass is 32.2. The van der Waals surface area contributed by atoms with E-state index in [1.165, 1.54) is 4.31 Å². The van der Waals surface area contributed by atoms with Crippen molar-refractivity contribution in [3.63, 3.8) is 0 Å². The van der Waals surface area contributed by atoms with Gasteiger partial charge >= 0.3 is 0 Å². The number of fused-ring (bicyclic) bond motifs is 4. The molecule has 0 unspecified atom stereocenters. The molecular formula is C25H24N2O4S. The van der Waals surface area contributed by atoms with Crippen LogP contribution in [0, 0.1) is 0 Å². The van der Waals surface area contributed by atoms with Crippen LogP contribution in [0.25, 0.3) is 11.1 Å². The van der Waals surface area contributed by atoms with Crippen molar-refractivity contribution < 1.29 is 17.9 Å². The molecule has 0 saturated carbocycles. The van der Waals surface area contributed by atoms with E-state index in [0.717, 1.165) is 16.9 Å². The summed E-state index contributed by atoms with van der Waals surface area (Å²) in [4.78, 5) is 13.4. The molecule has 0 bridgehead atoms. The molecule has 1 atom stereocenters. The van der Waals surface area contributed by atoms with E-state index in [1.54, 1.807) is 30.3 Å². The highest BCUT2D eigenvalue weighted by Crippen LogP contribution is 2.43. The fourth-order valence-electron chi connectivity index (χ4n) is 4.55. The Morgan fingerprint density at radius 1 is 1.00 bits per heavy atom. The molecule has 0 aliphatic carbocycles. The second kappa shape index (κ2) is 7.38. The Morgan fingerprint density at radius 2 is 1.66 bits per heavy atom. The third kappa shape index (κ3) is 3.42. The number of benzene rings is 3. The minimum Gasteiger partial charge on any atom is -0.487 e. The van der Waals surface area contributed by atoms with Crippen LogP contribution >= 0.6 is 0 Å². The van der Waals surface area contributed by atoms with E-state index in [-0.39, 0.29) is 23.4 Å². The first-order valence-corrected chi connectivity index (χ1v) is 12.0. The van der Waals surface area contributed by atoms with Gasteiger partial charge in [0.25, 0.3) is 10.0 Å². The smallest absolute Gasteiger partial charge is 0.265 e. The van der Waals surface area contributed by atoms with Crippen LogP contribution in [0.4, 0.5) is 5.69 Å². The first-order chi connectivity index (χ1) is 15.3. The summed E-state index contributed by atoms with van der Waals surface area (Å²) in [6.45, 7) is 3.66. The topological polar surface area (TPSA) is 75.7 Å². The van der Waals surface area contributed by atoms with E-state index in [0.29, 0.717) is 17.7 Å². The van der Waals surface area contributed by atoms with E-state index >= 15 is 0 Å². The van der Waals surface area contributed by atoms with Gasteiger partial charge in [0.1, 0.15) is 17.9 Å². The number of anilines is 1. The Hall–Kier alpha value is -3.32. The molecule has 164 valence electrons. The van der Waals surface area contributed by atoms with Gasteiger partial charge in [0, 0.05) is 23.1 Å². The Labute approximate surface area is 187 Å². The van der Waals surface area contributed by atoms with E-state index in [9.17, 15) is 13.2 Å². The number of carbonyl (C=O) groups excluding carboxylic acids is 1. The van der Waals surface area contributed by atoms with E-state index in [1.807, 2.05) is 56.3 Å². The van der Waals surface area contributed by atoms with Gasteiger partial charge in [0.15, 0.2) is 0 Å². The molecule has 1 amide bonds. The lowest BCUT2D eigenvalue weighted by atomic mass is 9.89. The van der Waals surface area contributed by atoms with Crippen LogP contribution in [0.15, 0.2) is 77.7 Å². The second-order valence-electron chi connectivity index (χ2n) is 8.75. The summed E-state index contributed by atoms with van der Waals surface area (Å²) >= 11 is 0. The monoisotopic (exact) mass is 448 g/mol.